The summed E-state index contributed by atoms with van der Waals surface area (Å²) in [6, 6.07) is 24.3. The highest BCUT2D eigenvalue weighted by Crippen LogP contribution is 2.57. The van der Waals surface area contributed by atoms with Gasteiger partial charge in [-0.05, 0) is 135 Å². The minimum atomic E-state index is -1.86. The Hall–Kier alpha value is -12.8. The maximum atomic E-state index is 14.8. The summed E-state index contributed by atoms with van der Waals surface area (Å²) in [5.74, 6) is -10.0. The van der Waals surface area contributed by atoms with Crippen molar-refractivity contribution in [3.63, 3.8) is 0 Å². The molecule has 3 aliphatic heterocycles. The molecule has 0 aromatic heterocycles. The molecule has 1 saturated heterocycles. The predicted molar refractivity (Wildman–Crippen MR) is 384 cm³/mol. The lowest BCUT2D eigenvalue weighted by Crippen LogP contribution is -2.60. The van der Waals surface area contributed by atoms with Gasteiger partial charge in [0.25, 0.3) is 5.91 Å². The topological polar surface area (TPSA) is 521 Å². The van der Waals surface area contributed by atoms with Crippen molar-refractivity contribution in [2.24, 2.45) is 22.9 Å². The van der Waals surface area contributed by atoms with Crippen LogP contribution in [0, 0.1) is 5.41 Å². The molecular formula is C75H86N14O18. The molecule has 32 heteroatoms. The first-order valence-electron chi connectivity index (χ1n) is 34.7. The van der Waals surface area contributed by atoms with Crippen LogP contribution in [0.2, 0.25) is 0 Å². The molecule has 0 aliphatic carbocycles. The largest absolute Gasteiger partial charge is 0.508 e. The Morgan fingerprint density at radius 2 is 1.13 bits per heavy atom. The molecule has 1 fully saturated rings. The summed E-state index contributed by atoms with van der Waals surface area (Å²) >= 11 is 0. The van der Waals surface area contributed by atoms with Crippen molar-refractivity contribution < 1.29 is 87.1 Å². The summed E-state index contributed by atoms with van der Waals surface area (Å²) < 4.78 is 17.4. The minimum Gasteiger partial charge on any atom is -0.508 e. The van der Waals surface area contributed by atoms with Crippen molar-refractivity contribution in [3.05, 3.63) is 178 Å². The van der Waals surface area contributed by atoms with E-state index in [0.717, 1.165) is 5.56 Å². The lowest BCUT2D eigenvalue weighted by molar-refractivity contribution is -0.142. The number of aryl methyl sites for hydroxylation is 1. The van der Waals surface area contributed by atoms with Crippen LogP contribution in [0.15, 0.2) is 133 Å². The molecular weight excluding hydrogens is 1380 g/mol. The summed E-state index contributed by atoms with van der Waals surface area (Å²) in [4.78, 5) is 167. The van der Waals surface area contributed by atoms with Gasteiger partial charge >= 0.3 is 5.97 Å². The molecule has 0 radical (unpaired) electrons. The number of carbonyl (C=O) groups is 12. The van der Waals surface area contributed by atoms with Gasteiger partial charge in [0.05, 0.1) is 19.1 Å². The summed E-state index contributed by atoms with van der Waals surface area (Å²) in [6.45, 7) is 0.0861. The lowest BCUT2D eigenvalue weighted by atomic mass is 9.77. The lowest BCUT2D eigenvalue weighted by Gasteiger charge is -2.36. The Morgan fingerprint density at radius 3 is 1.76 bits per heavy atom. The number of esters is 1. The van der Waals surface area contributed by atoms with Crippen LogP contribution in [0.4, 0.5) is 0 Å². The van der Waals surface area contributed by atoms with Gasteiger partial charge < -0.3 is 99.9 Å². The molecule has 3 aliphatic rings. The van der Waals surface area contributed by atoms with E-state index in [1.165, 1.54) is 60.5 Å². The second-order valence-corrected chi connectivity index (χ2v) is 26.1. The van der Waals surface area contributed by atoms with Gasteiger partial charge in [0.15, 0.2) is 11.6 Å². The van der Waals surface area contributed by atoms with E-state index < -0.39 is 144 Å². The smallest absolute Gasteiger partial charge is 0.340 e. The average Bonchev–Trinajstić information content (AvgIpc) is 1.60. The molecule has 107 heavy (non-hydrogen) atoms. The number of carbonyl (C=O) groups excluding carboxylic acids is 12. The zero-order valence-corrected chi connectivity index (χ0v) is 58.5. The number of nitrogens with zero attached hydrogens (tertiary/aromatic N) is 1. The van der Waals surface area contributed by atoms with Crippen molar-refractivity contribution in [2.45, 2.75) is 138 Å². The number of benzene rings is 6. The summed E-state index contributed by atoms with van der Waals surface area (Å²) in [5, 5.41) is 59.1. The number of aromatic hydroxyl groups is 3. The number of rotatable bonds is 36. The van der Waals surface area contributed by atoms with E-state index in [-0.39, 0.29) is 130 Å². The number of hydrogen-bond acceptors (Lipinski definition) is 19. The van der Waals surface area contributed by atoms with Crippen LogP contribution >= 0.6 is 0 Å². The average molecular weight is 1470 g/mol. The number of phenols is 3. The third-order valence-corrected chi connectivity index (χ3v) is 18.4. The van der Waals surface area contributed by atoms with E-state index in [1.807, 2.05) is 0 Å². The van der Waals surface area contributed by atoms with Gasteiger partial charge in [-0.2, -0.15) is 0 Å². The van der Waals surface area contributed by atoms with Gasteiger partial charge in [-0.25, -0.2) is 4.79 Å². The van der Waals surface area contributed by atoms with Crippen molar-refractivity contribution in [2.75, 3.05) is 26.7 Å². The van der Waals surface area contributed by atoms with Gasteiger partial charge in [0.2, 0.25) is 59.1 Å². The molecule has 20 N–H and O–H groups in total. The highest BCUT2D eigenvalue weighted by Gasteiger charge is 2.54. The zero-order chi connectivity index (χ0) is 77.1. The number of methoxy groups -OCH3 is 1. The van der Waals surface area contributed by atoms with Crippen LogP contribution in [-0.4, -0.2) is 166 Å². The highest BCUT2D eigenvalue weighted by molar-refractivity contribution is 6.03. The number of nitrogens with one attached hydrogen (secondary N) is 9. The van der Waals surface area contributed by atoms with Gasteiger partial charge in [-0.3, -0.25) is 58.1 Å². The van der Waals surface area contributed by atoms with E-state index in [2.05, 4.69) is 42.5 Å². The standard InChI is InChI=1S/C75H86N14O18/c1-105-48-24-16-43(17-25-48)36-56(83-64(95)31-18-41-14-20-45(90)21-15-41)68(99)87-57(35-42-9-3-2-4-10-42)69(100)85-54(29-30-62(76)93)67(98)88-58(40-63(77)94)70(101)86-55(12-7-33-82-74(79)80)72(103)89-34-8-13-59(89)71(102)84-53(65(78)96)11-5-6-32-81-66(97)44-19-26-50-49(37-44)73(104)107-75(50)51-27-22-46(91)38-60(51)106-61-39-47(92)23-28-52(61)75/h2-4,9-10,14-17,19-28,37-39,53-59,90-92H,5-8,11-13,18,29-36,40H2,1H3,(H2,76,93)(H2,77,94)(H2,78,96)(H,81,97)(H,83,95)(H,84,102)(H,85,100)(H,86,101)(H,87,99)(H,88,98)(H4,79,80,82)/t53-,54-,55-,56+,57-,58-,59-/m0/s1. The van der Waals surface area contributed by atoms with Crippen molar-refractivity contribution in [3.8, 4) is 34.5 Å². The molecule has 11 amide bonds. The molecule has 0 saturated carbocycles. The Morgan fingerprint density at radius 1 is 0.570 bits per heavy atom. The number of amides is 11. The van der Waals surface area contributed by atoms with Gasteiger partial charge in [-0.15, -0.1) is 0 Å². The van der Waals surface area contributed by atoms with Crippen molar-refractivity contribution >= 4 is 76.9 Å². The summed E-state index contributed by atoms with van der Waals surface area (Å²) in [6.07, 6.45) is -1.12. The van der Waals surface area contributed by atoms with Crippen LogP contribution in [0.1, 0.15) is 125 Å². The Kier molecular flexibility index (Phi) is 26.4. The van der Waals surface area contributed by atoms with Crippen LogP contribution < -0.4 is 74.9 Å². The Labute approximate surface area is 614 Å². The fraction of sp³-hybridized carbons (Fsp3) is 0.347. The number of fused-ring (bicyclic) bond motifs is 6. The SMILES string of the molecule is COc1ccc(C[C@@H](NC(=O)CCc2ccc(O)cc2)C(=O)N[C@@H](Cc2ccccc2)C(=O)N[C@@H](CCC(N)=O)C(=O)N[C@@H](CC(N)=O)C(=O)N[C@@H](CCCNC(=N)N)C(=O)N2CCC[C@H]2C(=O)N[C@@H](CCCCNC(=O)c2ccc3c(c2)C(=O)OC32c3ccc(O)cc3Oc3cc(O)ccc32)C(N)=O)cc1. The molecule has 9 rings (SSSR count). The van der Waals surface area contributed by atoms with Gasteiger partial charge in [0, 0.05) is 79.7 Å². The second-order valence-electron chi connectivity index (χ2n) is 26.1. The van der Waals surface area contributed by atoms with Gasteiger partial charge in [0.1, 0.15) is 76.8 Å². The number of guanidine groups is 1. The van der Waals surface area contributed by atoms with Crippen LogP contribution in [0.25, 0.3) is 0 Å². The van der Waals surface area contributed by atoms with E-state index in [9.17, 15) is 72.9 Å². The molecule has 6 aromatic rings. The molecule has 0 bridgehead atoms. The number of likely N-dealkylation sites (tertiary alicyclic amines) is 1. The first kappa shape index (κ1) is 78.4. The number of unbranched alkanes of at least 4 members (excludes halogenated alkanes) is 1. The summed E-state index contributed by atoms with van der Waals surface area (Å²) in [7, 11) is 1.48. The maximum Gasteiger partial charge on any atom is 0.340 e. The molecule has 564 valence electrons. The maximum absolute atomic E-state index is 14.8. The zero-order valence-electron chi connectivity index (χ0n) is 58.5. The number of hydrogen-bond donors (Lipinski definition) is 16. The van der Waals surface area contributed by atoms with Crippen LogP contribution in [0.3, 0.4) is 0 Å². The van der Waals surface area contributed by atoms with E-state index in [1.54, 1.807) is 84.9 Å². The number of ether oxygens (including phenoxy) is 3. The third-order valence-electron chi connectivity index (χ3n) is 18.4. The molecule has 0 unspecified atom stereocenters. The fourth-order valence-corrected chi connectivity index (χ4v) is 13.0. The van der Waals surface area contributed by atoms with Gasteiger partial charge in [-0.1, -0.05) is 60.7 Å². The monoisotopic (exact) mass is 1470 g/mol. The number of nitrogens with two attached hydrogens (primary N) is 4. The quantitative estimate of drug-likeness (QED) is 0.0114. The van der Waals surface area contributed by atoms with E-state index in [0.29, 0.717) is 33.6 Å². The van der Waals surface area contributed by atoms with Crippen LogP contribution in [0.5, 0.6) is 34.5 Å². The molecule has 6 aromatic carbocycles. The molecule has 32 nitrogen and oxygen atoms in total. The molecule has 3 heterocycles. The fourth-order valence-electron chi connectivity index (χ4n) is 13.0. The number of primary amides is 3. The third kappa shape index (κ3) is 20.6. The first-order valence-corrected chi connectivity index (χ1v) is 34.7. The first-order chi connectivity index (χ1) is 51.2. The normalized spacial score (nSPS) is 15.2. The summed E-state index contributed by atoms with van der Waals surface area (Å²) in [5.41, 5.74) is 24.2. The molecule has 7 atom stereocenters. The molecule has 1 spiro atoms. The minimum absolute atomic E-state index is 0.00208. The van der Waals surface area contributed by atoms with Crippen molar-refractivity contribution in [1.29, 1.82) is 5.41 Å². The highest BCUT2D eigenvalue weighted by atomic mass is 16.6. The van der Waals surface area contributed by atoms with E-state index >= 15 is 0 Å². The Bertz CT molecular complexity index is 4280. The second kappa shape index (κ2) is 36.1. The predicted octanol–water partition coefficient (Wildman–Crippen LogP) is 1.19. The van der Waals surface area contributed by atoms with E-state index in [4.69, 9.17) is 42.6 Å². The Balaban J connectivity index is 0.839. The van der Waals surface area contributed by atoms with Crippen molar-refractivity contribution in [1.82, 2.24) is 47.4 Å². The van der Waals surface area contributed by atoms with Crippen LogP contribution in [-0.2, 0) is 77.5 Å². The number of phenolic OH excluding ortho intramolecular Hbond substituents is 3.